The number of nitrogens with zero attached hydrogens (tertiary/aromatic N) is 2. The monoisotopic (exact) mass is 429 g/mol. The van der Waals surface area contributed by atoms with E-state index in [-0.39, 0.29) is 11.3 Å². The van der Waals surface area contributed by atoms with Gasteiger partial charge in [0, 0.05) is 43.6 Å². The van der Waals surface area contributed by atoms with E-state index >= 15 is 0 Å². The second-order valence-corrected chi connectivity index (χ2v) is 11.7. The molecule has 2 amide bonds. The maximum Gasteiger partial charge on any atom is 0.228 e. The van der Waals surface area contributed by atoms with E-state index in [9.17, 15) is 9.59 Å². The second-order valence-electron chi connectivity index (χ2n) is 11.7. The minimum atomic E-state index is -0.0922. The van der Waals surface area contributed by atoms with Crippen LogP contribution in [0.25, 0.3) is 0 Å². The molecular formula is C26H43N3O2. The van der Waals surface area contributed by atoms with Gasteiger partial charge in [-0.05, 0) is 88.0 Å². The van der Waals surface area contributed by atoms with Crippen molar-refractivity contribution in [3.05, 3.63) is 0 Å². The van der Waals surface area contributed by atoms with E-state index in [1.807, 2.05) is 4.90 Å². The number of fused-ring (bicyclic) bond motifs is 1. The Labute approximate surface area is 188 Å². The van der Waals surface area contributed by atoms with Crippen LogP contribution in [0.5, 0.6) is 0 Å². The van der Waals surface area contributed by atoms with Gasteiger partial charge < -0.3 is 15.1 Å². The lowest BCUT2D eigenvalue weighted by molar-refractivity contribution is -0.146. The minimum absolute atomic E-state index is 0.0922. The number of carbonyl (C=O) groups is 2. The van der Waals surface area contributed by atoms with Crippen molar-refractivity contribution in [2.45, 2.75) is 84.1 Å². The van der Waals surface area contributed by atoms with Gasteiger partial charge in [0.15, 0.2) is 0 Å². The Balaban J connectivity index is 1.14. The van der Waals surface area contributed by atoms with E-state index in [4.69, 9.17) is 0 Å². The molecule has 174 valence electrons. The summed E-state index contributed by atoms with van der Waals surface area (Å²) in [6.45, 7) is 8.51. The molecule has 0 aromatic rings. The first-order valence-corrected chi connectivity index (χ1v) is 13.3. The van der Waals surface area contributed by atoms with Gasteiger partial charge in [0.25, 0.3) is 0 Å². The third-order valence-corrected chi connectivity index (χ3v) is 9.88. The van der Waals surface area contributed by atoms with Gasteiger partial charge in [-0.3, -0.25) is 9.59 Å². The fourth-order valence-electron chi connectivity index (χ4n) is 7.40. The molecule has 2 aliphatic heterocycles. The van der Waals surface area contributed by atoms with E-state index in [0.29, 0.717) is 17.7 Å². The van der Waals surface area contributed by atoms with Gasteiger partial charge in [-0.25, -0.2) is 0 Å². The molecule has 5 rings (SSSR count). The normalized spacial score (nSPS) is 39.8. The van der Waals surface area contributed by atoms with E-state index in [2.05, 4.69) is 24.1 Å². The SMILES string of the molecule is CCC1CC(C2CCC3CCNC3C2)CCC1C(=O)N1CCN(C(=O)C2(C)CC2)CC1. The van der Waals surface area contributed by atoms with Crippen molar-refractivity contribution in [2.75, 3.05) is 32.7 Å². The summed E-state index contributed by atoms with van der Waals surface area (Å²) in [4.78, 5) is 30.2. The predicted octanol–water partition coefficient (Wildman–Crippen LogP) is 3.68. The largest absolute Gasteiger partial charge is 0.339 e. The average Bonchev–Trinajstić information content (AvgIpc) is 3.39. The van der Waals surface area contributed by atoms with Gasteiger partial charge in [0.1, 0.15) is 0 Å². The lowest BCUT2D eigenvalue weighted by Crippen LogP contribution is -2.54. The molecule has 1 N–H and O–H groups in total. The Kier molecular flexibility index (Phi) is 6.09. The Bertz CT molecular complexity index is 682. The summed E-state index contributed by atoms with van der Waals surface area (Å²) in [6, 6.07) is 0.773. The predicted molar refractivity (Wildman–Crippen MR) is 122 cm³/mol. The first-order chi connectivity index (χ1) is 15.0. The molecule has 2 saturated heterocycles. The molecule has 3 aliphatic carbocycles. The van der Waals surface area contributed by atoms with Gasteiger partial charge in [-0.2, -0.15) is 0 Å². The van der Waals surface area contributed by atoms with E-state index in [0.717, 1.165) is 75.7 Å². The summed E-state index contributed by atoms with van der Waals surface area (Å²) in [5.74, 6) is 4.09. The number of carbonyl (C=O) groups excluding carboxylic acids is 2. The van der Waals surface area contributed by atoms with Crippen LogP contribution in [0.3, 0.4) is 0 Å². The quantitative estimate of drug-likeness (QED) is 0.742. The number of piperazine rings is 1. The van der Waals surface area contributed by atoms with Crippen LogP contribution in [-0.2, 0) is 9.59 Å². The van der Waals surface area contributed by atoms with Crippen molar-refractivity contribution in [1.82, 2.24) is 15.1 Å². The zero-order chi connectivity index (χ0) is 21.6. The Morgan fingerprint density at radius 2 is 1.52 bits per heavy atom. The van der Waals surface area contributed by atoms with Gasteiger partial charge in [0.2, 0.25) is 11.8 Å². The average molecular weight is 430 g/mol. The van der Waals surface area contributed by atoms with Crippen molar-refractivity contribution in [3.63, 3.8) is 0 Å². The van der Waals surface area contributed by atoms with E-state index in [1.54, 1.807) is 0 Å². The van der Waals surface area contributed by atoms with Crippen LogP contribution in [0.4, 0.5) is 0 Å². The van der Waals surface area contributed by atoms with Crippen molar-refractivity contribution >= 4 is 11.8 Å². The summed E-state index contributed by atoms with van der Waals surface area (Å²) in [7, 11) is 0. The molecular weight excluding hydrogens is 386 g/mol. The molecule has 0 bridgehead atoms. The second kappa shape index (κ2) is 8.68. The molecule has 5 nitrogen and oxygen atoms in total. The van der Waals surface area contributed by atoms with Crippen molar-refractivity contribution in [1.29, 1.82) is 0 Å². The summed E-state index contributed by atoms with van der Waals surface area (Å²) < 4.78 is 0. The summed E-state index contributed by atoms with van der Waals surface area (Å²) in [6.07, 6.45) is 12.4. The Morgan fingerprint density at radius 1 is 0.871 bits per heavy atom. The number of hydrogen-bond donors (Lipinski definition) is 1. The molecule has 0 spiro atoms. The van der Waals surface area contributed by atoms with Crippen molar-refractivity contribution in [2.24, 2.45) is 35.0 Å². The van der Waals surface area contributed by atoms with Crippen molar-refractivity contribution in [3.8, 4) is 0 Å². The summed E-state index contributed by atoms with van der Waals surface area (Å²) in [5.41, 5.74) is -0.0922. The number of nitrogens with one attached hydrogen (secondary N) is 1. The topological polar surface area (TPSA) is 52.7 Å². The maximum absolute atomic E-state index is 13.5. The fourth-order valence-corrected chi connectivity index (χ4v) is 7.40. The Hall–Kier alpha value is -1.10. The molecule has 2 heterocycles. The lowest BCUT2D eigenvalue weighted by atomic mass is 9.64. The summed E-state index contributed by atoms with van der Waals surface area (Å²) >= 11 is 0. The number of rotatable bonds is 4. The van der Waals surface area contributed by atoms with Crippen LogP contribution in [-0.4, -0.2) is 60.4 Å². The van der Waals surface area contributed by atoms with E-state index in [1.165, 1.54) is 45.1 Å². The zero-order valence-electron chi connectivity index (χ0n) is 19.8. The van der Waals surface area contributed by atoms with Crippen LogP contribution in [0.1, 0.15) is 78.1 Å². The Morgan fingerprint density at radius 3 is 2.23 bits per heavy atom. The van der Waals surface area contributed by atoms with E-state index < -0.39 is 0 Å². The van der Waals surface area contributed by atoms with Gasteiger partial charge in [-0.1, -0.05) is 20.3 Å². The standard InChI is InChI=1S/C26H43N3O2/c1-3-18-16-20(21-5-4-19-8-11-27-23(19)17-21)6-7-22(18)24(30)28-12-14-29(15-13-28)25(31)26(2)9-10-26/h18-23,27H,3-17H2,1-2H3. The molecule has 6 atom stereocenters. The molecule has 5 heteroatoms. The third-order valence-electron chi connectivity index (χ3n) is 9.88. The fraction of sp³-hybridized carbons (Fsp3) is 0.923. The highest BCUT2D eigenvalue weighted by molar-refractivity contribution is 5.85. The maximum atomic E-state index is 13.5. The van der Waals surface area contributed by atoms with Crippen LogP contribution in [0.15, 0.2) is 0 Å². The first-order valence-electron chi connectivity index (χ1n) is 13.3. The zero-order valence-corrected chi connectivity index (χ0v) is 19.8. The number of amides is 2. The first kappa shape index (κ1) is 21.7. The molecule has 31 heavy (non-hydrogen) atoms. The number of hydrogen-bond acceptors (Lipinski definition) is 3. The highest BCUT2D eigenvalue weighted by Crippen LogP contribution is 2.47. The molecule has 3 saturated carbocycles. The van der Waals surface area contributed by atoms with Crippen LogP contribution < -0.4 is 5.32 Å². The molecule has 0 aromatic heterocycles. The minimum Gasteiger partial charge on any atom is -0.339 e. The molecule has 6 unspecified atom stereocenters. The summed E-state index contributed by atoms with van der Waals surface area (Å²) in [5, 5.41) is 3.76. The smallest absolute Gasteiger partial charge is 0.228 e. The van der Waals surface area contributed by atoms with Gasteiger partial charge >= 0.3 is 0 Å². The highest BCUT2D eigenvalue weighted by Gasteiger charge is 2.48. The molecule has 0 aromatic carbocycles. The molecule has 0 radical (unpaired) electrons. The molecule has 5 aliphatic rings. The van der Waals surface area contributed by atoms with Crippen molar-refractivity contribution < 1.29 is 9.59 Å². The van der Waals surface area contributed by atoms with Crippen LogP contribution in [0, 0.1) is 35.0 Å². The van der Waals surface area contributed by atoms with Gasteiger partial charge in [0.05, 0.1) is 0 Å². The lowest BCUT2D eigenvalue weighted by Gasteiger charge is -2.44. The molecule has 5 fully saturated rings. The highest BCUT2D eigenvalue weighted by atomic mass is 16.2. The van der Waals surface area contributed by atoms with Crippen LogP contribution in [0.2, 0.25) is 0 Å². The van der Waals surface area contributed by atoms with Crippen LogP contribution >= 0.6 is 0 Å². The third kappa shape index (κ3) is 4.28. The van der Waals surface area contributed by atoms with Gasteiger partial charge in [-0.15, -0.1) is 0 Å².